The molecule has 10 rings (SSSR count). The molecule has 0 aliphatic carbocycles. The molecule has 0 radical (unpaired) electrons. The van der Waals surface area contributed by atoms with Gasteiger partial charge in [0.1, 0.15) is 18.6 Å². The Morgan fingerprint density at radius 2 is 1.82 bits per heavy atom. The van der Waals surface area contributed by atoms with Crippen LogP contribution in [0, 0.1) is 13.8 Å². The van der Waals surface area contributed by atoms with Crippen LogP contribution in [0.25, 0.3) is 0 Å². The maximum absolute atomic E-state index is 14.8. The molecule has 7 atom stereocenters. The van der Waals surface area contributed by atoms with Crippen LogP contribution in [-0.4, -0.2) is 102 Å². The van der Waals surface area contributed by atoms with E-state index >= 15 is 0 Å². The first kappa shape index (κ1) is 37.2. The molecule has 4 bridgehead atoms. The molecule has 7 heterocycles. The summed E-state index contributed by atoms with van der Waals surface area (Å²) in [6.45, 7) is 5.86. The summed E-state index contributed by atoms with van der Waals surface area (Å²) >= 11 is 1.48. The van der Waals surface area contributed by atoms with E-state index in [-0.39, 0.29) is 48.9 Å². The number of piperazine rings is 1. The molecular weight excluding hydrogens is 743 g/mol. The third kappa shape index (κ3) is 5.16. The van der Waals surface area contributed by atoms with Crippen LogP contribution in [-0.2, 0) is 32.7 Å². The van der Waals surface area contributed by atoms with E-state index in [0.717, 1.165) is 16.7 Å². The minimum absolute atomic E-state index is 0.0203. The van der Waals surface area contributed by atoms with E-state index in [1.165, 1.54) is 26.0 Å². The van der Waals surface area contributed by atoms with Gasteiger partial charge in [-0.3, -0.25) is 19.9 Å². The average molecular weight is 790 g/mol. The van der Waals surface area contributed by atoms with E-state index in [1.807, 2.05) is 38.8 Å². The Morgan fingerprint density at radius 3 is 2.57 bits per heavy atom. The highest BCUT2D eigenvalue weighted by Gasteiger charge is 2.61. The number of ether oxygens (including phenoxy) is 6. The zero-order chi connectivity index (χ0) is 39.4. The Balaban J connectivity index is 1.32. The normalized spacial score (nSPS) is 28.8. The van der Waals surface area contributed by atoms with Crippen LogP contribution in [0.5, 0.6) is 40.2 Å². The number of aliphatic hydroxyl groups excluding tert-OH is 1. The predicted molar refractivity (Wildman–Crippen MR) is 204 cm³/mol. The quantitative estimate of drug-likeness (QED) is 0.214. The number of rotatable bonds is 5. The van der Waals surface area contributed by atoms with Gasteiger partial charge in [-0.05, 0) is 74.5 Å². The molecule has 1 unspecified atom stereocenters. The molecule has 4 N–H and O–H groups in total. The third-order valence-corrected chi connectivity index (χ3v) is 14.2. The van der Waals surface area contributed by atoms with Crippen LogP contribution in [0.2, 0.25) is 0 Å². The number of nitrogens with one attached hydrogen (secondary N) is 1. The number of aliphatic hydroxyl groups is 1. The number of likely N-dealkylation sites (N-methyl/N-ethyl adjacent to an activating group) is 1. The number of methoxy groups -OCH3 is 2. The van der Waals surface area contributed by atoms with Gasteiger partial charge in [-0.2, -0.15) is 0 Å². The van der Waals surface area contributed by atoms with Crippen molar-refractivity contribution in [3.63, 3.8) is 0 Å². The van der Waals surface area contributed by atoms with Gasteiger partial charge in [-0.25, -0.2) is 4.79 Å². The SMILES string of the molecule is CCCC(=O)Oc1c(C)c2c(c3c1[C@H]1SC[C@]4(NCCc5cc(O)c(OC)cc54)C(=O)OC[C@H]3N3C1[C@H]1c4c(cc(C)c(OC)c4O)C[C@H]([C@@H]3O)N1C)OCO2. The summed E-state index contributed by atoms with van der Waals surface area (Å²) < 4.78 is 36.4. The second-order valence-corrected chi connectivity index (χ2v) is 16.7. The van der Waals surface area contributed by atoms with Crippen LogP contribution in [0.3, 0.4) is 0 Å². The lowest BCUT2D eigenvalue weighted by Crippen LogP contribution is -2.70. The van der Waals surface area contributed by atoms with Crippen molar-refractivity contribution >= 4 is 23.7 Å². The minimum atomic E-state index is -1.36. The van der Waals surface area contributed by atoms with E-state index in [9.17, 15) is 24.9 Å². The van der Waals surface area contributed by atoms with Gasteiger partial charge in [0, 0.05) is 47.0 Å². The number of fused-ring (bicyclic) bond motifs is 9. The number of carbonyl (C=O) groups is 2. The van der Waals surface area contributed by atoms with Crippen molar-refractivity contribution in [1.82, 2.24) is 15.1 Å². The summed E-state index contributed by atoms with van der Waals surface area (Å²) in [5, 5.41) is 38.4. The summed E-state index contributed by atoms with van der Waals surface area (Å²) in [4.78, 5) is 32.4. The van der Waals surface area contributed by atoms with Crippen LogP contribution >= 0.6 is 11.8 Å². The van der Waals surface area contributed by atoms with Crippen molar-refractivity contribution in [1.29, 1.82) is 0 Å². The van der Waals surface area contributed by atoms with Gasteiger partial charge in [0.25, 0.3) is 0 Å². The number of carbonyl (C=O) groups excluding carboxylic acids is 2. The number of aryl methyl sites for hydroxylation is 1. The van der Waals surface area contributed by atoms with Crippen molar-refractivity contribution < 1.29 is 53.3 Å². The number of esters is 2. The fourth-order valence-electron chi connectivity index (χ4n) is 10.2. The standard InChI is InChI=1S/C41H47N3O11S/c1-7-8-27(46)55-35-19(3)36-37(54-17-53-36)29-24-15-52-40(49)41(22-14-26(50-5)25(45)13-20(22)9-10-42-41)16-56-38(30(29)35)32-31-28-21(11-18(2)34(51-6)33(28)47)12-23(43(31)4)39(48)44(24)32/h11,13-14,23-24,31-32,38-39,42,45,47-48H,7-10,12,15-17H2,1-6H3/t23-,24-,31-,32?,38-,39+,41-/m1/s1. The number of phenols is 2. The zero-order valence-electron chi connectivity index (χ0n) is 32.3. The second-order valence-electron chi connectivity index (χ2n) is 15.6. The molecule has 298 valence electrons. The Labute approximate surface area is 328 Å². The smallest absolute Gasteiger partial charge is 0.331 e. The van der Waals surface area contributed by atoms with Gasteiger partial charge >= 0.3 is 11.9 Å². The van der Waals surface area contributed by atoms with E-state index in [1.54, 1.807) is 12.1 Å². The van der Waals surface area contributed by atoms with Crippen molar-refractivity contribution in [3.05, 3.63) is 62.7 Å². The molecule has 3 aromatic carbocycles. The van der Waals surface area contributed by atoms with Gasteiger partial charge in [-0.1, -0.05) is 13.0 Å². The first-order chi connectivity index (χ1) is 26.9. The Morgan fingerprint density at radius 1 is 1.04 bits per heavy atom. The van der Waals surface area contributed by atoms with Crippen molar-refractivity contribution in [2.24, 2.45) is 0 Å². The van der Waals surface area contributed by atoms with Crippen LogP contribution < -0.4 is 29.0 Å². The summed E-state index contributed by atoms with van der Waals surface area (Å²) in [6.07, 6.45) is 0.754. The topological polar surface area (TPSA) is 169 Å². The maximum atomic E-state index is 14.8. The Hall–Kier alpha value is -4.41. The molecule has 14 nitrogen and oxygen atoms in total. The monoisotopic (exact) mass is 789 g/mol. The van der Waals surface area contributed by atoms with Gasteiger partial charge in [-0.15, -0.1) is 11.8 Å². The van der Waals surface area contributed by atoms with Gasteiger partial charge in [0.15, 0.2) is 40.0 Å². The molecular formula is C41H47N3O11S. The predicted octanol–water partition coefficient (Wildman–Crippen LogP) is 4.19. The highest BCUT2D eigenvalue weighted by atomic mass is 32.2. The first-order valence-electron chi connectivity index (χ1n) is 19.1. The number of thioether (sulfide) groups is 1. The van der Waals surface area contributed by atoms with Crippen LogP contribution in [0.4, 0.5) is 0 Å². The first-order valence-corrected chi connectivity index (χ1v) is 20.2. The summed E-state index contributed by atoms with van der Waals surface area (Å²) in [6, 6.07) is 3.15. The molecule has 2 saturated heterocycles. The van der Waals surface area contributed by atoms with Gasteiger partial charge < -0.3 is 43.7 Å². The van der Waals surface area contributed by atoms with Crippen molar-refractivity contribution in [2.75, 3.05) is 47.0 Å². The highest BCUT2D eigenvalue weighted by molar-refractivity contribution is 7.99. The molecule has 0 amide bonds. The number of hydrogen-bond acceptors (Lipinski definition) is 15. The lowest BCUT2D eigenvalue weighted by atomic mass is 9.73. The third-order valence-electron chi connectivity index (χ3n) is 12.7. The summed E-state index contributed by atoms with van der Waals surface area (Å²) in [7, 11) is 4.97. The lowest BCUT2D eigenvalue weighted by Gasteiger charge is -2.62. The average Bonchev–Trinajstić information content (AvgIpc) is 3.67. The number of benzene rings is 3. The highest BCUT2D eigenvalue weighted by Crippen LogP contribution is 2.64. The van der Waals surface area contributed by atoms with E-state index in [4.69, 9.17) is 28.4 Å². The molecule has 15 heteroatoms. The molecule has 7 aliphatic rings. The van der Waals surface area contributed by atoms with Crippen molar-refractivity contribution in [3.8, 4) is 40.2 Å². The molecule has 1 spiro atoms. The molecule has 0 aromatic heterocycles. The van der Waals surface area contributed by atoms with E-state index in [0.29, 0.717) is 76.6 Å². The van der Waals surface area contributed by atoms with Gasteiger partial charge in [0.05, 0.1) is 37.6 Å². The fraction of sp³-hybridized carbons (Fsp3) is 0.512. The zero-order valence-corrected chi connectivity index (χ0v) is 33.1. The van der Waals surface area contributed by atoms with Gasteiger partial charge in [0.2, 0.25) is 6.79 Å². The van der Waals surface area contributed by atoms with Crippen LogP contribution in [0.15, 0.2) is 18.2 Å². The van der Waals surface area contributed by atoms with Crippen molar-refractivity contribution in [2.45, 2.75) is 87.6 Å². The van der Waals surface area contributed by atoms with Crippen LogP contribution in [0.1, 0.15) is 81.6 Å². The molecule has 3 aromatic rings. The summed E-state index contributed by atoms with van der Waals surface area (Å²) in [5.41, 5.74) is 4.42. The minimum Gasteiger partial charge on any atom is -0.504 e. The van der Waals surface area contributed by atoms with E-state index in [2.05, 4.69) is 10.2 Å². The maximum Gasteiger partial charge on any atom is 0.331 e. The molecule has 0 saturated carbocycles. The van der Waals surface area contributed by atoms with E-state index < -0.39 is 47.1 Å². The second kappa shape index (κ2) is 13.6. The Kier molecular flexibility index (Phi) is 9.04. The fourth-order valence-corrected chi connectivity index (χ4v) is 11.9. The number of aromatic hydroxyl groups is 2. The number of nitrogens with zero attached hydrogens (tertiary/aromatic N) is 2. The molecule has 56 heavy (non-hydrogen) atoms. The molecule has 2 fully saturated rings. The largest absolute Gasteiger partial charge is 0.504 e. The number of hydrogen-bond donors (Lipinski definition) is 4. The Bertz CT molecular complexity index is 2160. The lowest BCUT2D eigenvalue weighted by molar-refractivity contribution is -0.186. The molecule has 7 aliphatic heterocycles. The number of phenolic OH excluding ortho intramolecular Hbond substituents is 2. The summed E-state index contributed by atoms with van der Waals surface area (Å²) in [5.74, 6) is 1.14.